The summed E-state index contributed by atoms with van der Waals surface area (Å²) in [6.45, 7) is 3.61. The van der Waals surface area contributed by atoms with Crippen LogP contribution < -0.4 is 10.6 Å². The molecule has 6 nitrogen and oxygen atoms in total. The molecule has 7 heteroatoms. The fourth-order valence-electron chi connectivity index (χ4n) is 1.86. The largest absolute Gasteiger partial charge is 0.323 e. The number of rotatable bonds is 3. The Bertz CT molecular complexity index is 730. The van der Waals surface area contributed by atoms with E-state index in [4.69, 9.17) is 11.6 Å². The number of benzene rings is 2. The summed E-state index contributed by atoms with van der Waals surface area (Å²) in [5.41, 5.74) is 2.51. The molecule has 2 rings (SSSR count). The molecule has 2 amide bonds. The molecule has 0 aliphatic heterocycles. The number of halogens is 1. The highest BCUT2D eigenvalue weighted by molar-refractivity contribution is 6.33. The van der Waals surface area contributed by atoms with Crippen LogP contribution in [0.1, 0.15) is 11.1 Å². The van der Waals surface area contributed by atoms with Gasteiger partial charge in [-0.05, 0) is 37.6 Å². The van der Waals surface area contributed by atoms with Crippen LogP contribution in [0.15, 0.2) is 36.4 Å². The number of anilines is 2. The highest BCUT2D eigenvalue weighted by Crippen LogP contribution is 2.30. The first-order chi connectivity index (χ1) is 10.4. The van der Waals surface area contributed by atoms with E-state index in [-0.39, 0.29) is 10.7 Å². The van der Waals surface area contributed by atoms with Crippen LogP contribution in [-0.4, -0.2) is 11.0 Å². The minimum atomic E-state index is -0.564. The summed E-state index contributed by atoms with van der Waals surface area (Å²) in [5, 5.41) is 16.1. The summed E-state index contributed by atoms with van der Waals surface area (Å²) in [6.07, 6.45) is 0. The minimum Gasteiger partial charge on any atom is -0.308 e. The average molecular weight is 320 g/mol. The number of nitro groups is 1. The van der Waals surface area contributed by atoms with Crippen LogP contribution in [0, 0.1) is 24.0 Å². The van der Waals surface area contributed by atoms with Crippen LogP contribution in [0.5, 0.6) is 0 Å². The number of hydrogen-bond donors (Lipinski definition) is 2. The maximum Gasteiger partial charge on any atom is 0.323 e. The molecular formula is C15H14ClN3O3. The number of nitro benzene ring substituents is 1. The van der Waals surface area contributed by atoms with Crippen LogP contribution in [0.4, 0.5) is 21.9 Å². The van der Waals surface area contributed by atoms with Gasteiger partial charge in [-0.2, -0.15) is 0 Å². The number of carbonyl (C=O) groups excluding carboxylic acids is 1. The minimum absolute atomic E-state index is 0.0266. The molecule has 0 bridgehead atoms. The van der Waals surface area contributed by atoms with Crippen molar-refractivity contribution in [2.75, 3.05) is 10.6 Å². The molecule has 2 aromatic carbocycles. The highest BCUT2D eigenvalue weighted by Gasteiger charge is 2.16. The fraction of sp³-hybridized carbons (Fsp3) is 0.133. The van der Waals surface area contributed by atoms with E-state index in [0.29, 0.717) is 16.9 Å². The van der Waals surface area contributed by atoms with Gasteiger partial charge in [0.1, 0.15) is 5.02 Å². The zero-order valence-corrected chi connectivity index (χ0v) is 12.8. The second kappa shape index (κ2) is 6.44. The SMILES string of the molecule is Cc1ccc(NC(=O)Nc2cc(Cl)c([N+](=O)[O-])cc2C)cc1. The van der Waals surface area contributed by atoms with E-state index in [0.717, 1.165) is 5.56 Å². The Balaban J connectivity index is 2.13. The Kier molecular flexibility index (Phi) is 4.62. The Hall–Kier alpha value is -2.60. The summed E-state index contributed by atoms with van der Waals surface area (Å²) < 4.78 is 0. The van der Waals surface area contributed by atoms with Crippen molar-refractivity contribution >= 4 is 34.7 Å². The van der Waals surface area contributed by atoms with E-state index in [1.54, 1.807) is 19.1 Å². The lowest BCUT2D eigenvalue weighted by atomic mass is 10.2. The lowest BCUT2D eigenvalue weighted by Gasteiger charge is -2.10. The second-order valence-corrected chi connectivity index (χ2v) is 5.23. The first-order valence-electron chi connectivity index (χ1n) is 6.46. The molecule has 0 radical (unpaired) electrons. The third-order valence-electron chi connectivity index (χ3n) is 3.05. The molecule has 114 valence electrons. The maximum atomic E-state index is 11.9. The number of aryl methyl sites for hydroxylation is 2. The smallest absolute Gasteiger partial charge is 0.308 e. The van der Waals surface area contributed by atoms with Gasteiger partial charge in [0.25, 0.3) is 5.69 Å². The molecule has 0 unspecified atom stereocenters. The van der Waals surface area contributed by atoms with Crippen molar-refractivity contribution in [1.29, 1.82) is 0 Å². The third kappa shape index (κ3) is 3.73. The van der Waals surface area contributed by atoms with Gasteiger partial charge in [0.2, 0.25) is 0 Å². The van der Waals surface area contributed by atoms with Gasteiger partial charge in [0.15, 0.2) is 0 Å². The van der Waals surface area contributed by atoms with Crippen molar-refractivity contribution in [2.45, 2.75) is 13.8 Å². The lowest BCUT2D eigenvalue weighted by Crippen LogP contribution is -2.20. The van der Waals surface area contributed by atoms with E-state index in [1.807, 2.05) is 19.1 Å². The Morgan fingerprint density at radius 2 is 1.77 bits per heavy atom. The average Bonchev–Trinajstić information content (AvgIpc) is 2.44. The Morgan fingerprint density at radius 1 is 1.14 bits per heavy atom. The second-order valence-electron chi connectivity index (χ2n) is 4.82. The van der Waals surface area contributed by atoms with Gasteiger partial charge in [0.05, 0.1) is 4.92 Å². The zero-order chi connectivity index (χ0) is 16.3. The molecule has 0 aliphatic carbocycles. The van der Waals surface area contributed by atoms with Crippen molar-refractivity contribution in [3.63, 3.8) is 0 Å². The normalized spacial score (nSPS) is 10.1. The standard InChI is InChI=1S/C15H14ClN3O3/c1-9-3-5-11(6-4-9)17-15(20)18-13-8-12(16)14(19(21)22)7-10(13)2/h3-8H,1-2H3,(H2,17,18,20). The number of nitrogens with zero attached hydrogens (tertiary/aromatic N) is 1. The molecular weight excluding hydrogens is 306 g/mol. The summed E-state index contributed by atoms with van der Waals surface area (Å²) in [6, 6.07) is 9.56. The molecule has 0 heterocycles. The van der Waals surface area contributed by atoms with Crippen LogP contribution in [0.2, 0.25) is 5.02 Å². The van der Waals surface area contributed by atoms with Gasteiger partial charge in [-0.3, -0.25) is 10.1 Å². The summed E-state index contributed by atoms with van der Waals surface area (Å²) in [5.74, 6) is 0. The topological polar surface area (TPSA) is 84.3 Å². The predicted octanol–water partition coefficient (Wildman–Crippen LogP) is 4.51. The van der Waals surface area contributed by atoms with Gasteiger partial charge in [-0.15, -0.1) is 0 Å². The number of urea groups is 1. The monoisotopic (exact) mass is 319 g/mol. The zero-order valence-electron chi connectivity index (χ0n) is 12.0. The van der Waals surface area contributed by atoms with E-state index in [2.05, 4.69) is 10.6 Å². The molecule has 0 fully saturated rings. The van der Waals surface area contributed by atoms with Crippen LogP contribution in [0.3, 0.4) is 0 Å². The van der Waals surface area contributed by atoms with Crippen molar-refractivity contribution in [3.8, 4) is 0 Å². The first kappa shape index (κ1) is 15.8. The van der Waals surface area contributed by atoms with E-state index in [9.17, 15) is 14.9 Å². The van der Waals surface area contributed by atoms with E-state index < -0.39 is 11.0 Å². The highest BCUT2D eigenvalue weighted by atomic mass is 35.5. The number of carbonyl (C=O) groups is 1. The molecule has 0 saturated heterocycles. The van der Waals surface area contributed by atoms with Crippen molar-refractivity contribution in [3.05, 3.63) is 62.7 Å². The number of nitrogens with one attached hydrogen (secondary N) is 2. The van der Waals surface area contributed by atoms with E-state index >= 15 is 0 Å². The van der Waals surface area contributed by atoms with Gasteiger partial charge in [0, 0.05) is 17.4 Å². The molecule has 0 aromatic heterocycles. The van der Waals surface area contributed by atoms with E-state index in [1.165, 1.54) is 12.1 Å². The maximum absolute atomic E-state index is 11.9. The Morgan fingerprint density at radius 3 is 2.36 bits per heavy atom. The molecule has 2 N–H and O–H groups in total. The number of hydrogen-bond acceptors (Lipinski definition) is 3. The molecule has 0 atom stereocenters. The van der Waals surface area contributed by atoms with Crippen molar-refractivity contribution < 1.29 is 9.72 Å². The van der Waals surface area contributed by atoms with Crippen molar-refractivity contribution in [1.82, 2.24) is 0 Å². The molecule has 0 spiro atoms. The summed E-state index contributed by atoms with van der Waals surface area (Å²) in [7, 11) is 0. The molecule has 22 heavy (non-hydrogen) atoms. The molecule has 2 aromatic rings. The quantitative estimate of drug-likeness (QED) is 0.644. The van der Waals surface area contributed by atoms with Gasteiger partial charge >= 0.3 is 6.03 Å². The summed E-state index contributed by atoms with van der Waals surface area (Å²) >= 11 is 5.84. The lowest BCUT2D eigenvalue weighted by molar-refractivity contribution is -0.384. The van der Waals surface area contributed by atoms with Gasteiger partial charge < -0.3 is 10.6 Å². The fourth-order valence-corrected chi connectivity index (χ4v) is 2.10. The Labute approximate surface area is 132 Å². The predicted molar refractivity (Wildman–Crippen MR) is 86.7 cm³/mol. The van der Waals surface area contributed by atoms with Crippen LogP contribution in [-0.2, 0) is 0 Å². The first-order valence-corrected chi connectivity index (χ1v) is 6.84. The number of amides is 2. The summed E-state index contributed by atoms with van der Waals surface area (Å²) in [4.78, 5) is 22.2. The van der Waals surface area contributed by atoms with Gasteiger partial charge in [-0.25, -0.2) is 4.79 Å². The molecule has 0 saturated carbocycles. The van der Waals surface area contributed by atoms with Crippen LogP contribution >= 0.6 is 11.6 Å². The van der Waals surface area contributed by atoms with Crippen LogP contribution in [0.25, 0.3) is 0 Å². The van der Waals surface area contributed by atoms with Gasteiger partial charge in [-0.1, -0.05) is 29.3 Å². The van der Waals surface area contributed by atoms with Crippen molar-refractivity contribution in [2.24, 2.45) is 0 Å². The third-order valence-corrected chi connectivity index (χ3v) is 3.35. The molecule has 0 aliphatic rings.